The number of nitrogens with two attached hydrogens (primary N) is 1. The second-order valence-corrected chi connectivity index (χ2v) is 7.06. The molecule has 5 rings (SSSR count). The molecular formula is C22H21N7O. The zero-order chi connectivity index (χ0) is 20.3. The number of nitrogens with zero attached hydrogens (tertiary/aromatic N) is 5. The molecule has 30 heavy (non-hydrogen) atoms. The molecule has 0 aliphatic carbocycles. The second-order valence-electron chi connectivity index (χ2n) is 7.06. The standard InChI is InChI=1S/C22H21N7O/c23-21-18(15-3-5-24-6-4-15)12-17(13-25-21)16-1-2-20(29-7-9-30-10-8-29)19(11-16)22-26-14-27-28-22/h1-6,11-14H,7-10H2,(H2,23,25)(H,26,27,28). The Balaban J connectivity index is 1.59. The van der Waals surface area contributed by atoms with E-state index in [0.29, 0.717) is 5.82 Å². The van der Waals surface area contributed by atoms with Crippen molar-refractivity contribution in [2.45, 2.75) is 0 Å². The number of nitrogen functional groups attached to an aromatic ring is 1. The first-order chi connectivity index (χ1) is 14.8. The van der Waals surface area contributed by atoms with Gasteiger partial charge in [0.25, 0.3) is 0 Å². The third-order valence-corrected chi connectivity index (χ3v) is 5.26. The number of anilines is 2. The Morgan fingerprint density at radius 3 is 2.47 bits per heavy atom. The molecule has 0 radical (unpaired) electrons. The lowest BCUT2D eigenvalue weighted by Crippen LogP contribution is -2.36. The number of ether oxygens (including phenoxy) is 1. The van der Waals surface area contributed by atoms with Crippen LogP contribution in [0, 0.1) is 0 Å². The van der Waals surface area contributed by atoms with Crippen LogP contribution in [0.25, 0.3) is 33.6 Å². The lowest BCUT2D eigenvalue weighted by atomic mass is 9.99. The van der Waals surface area contributed by atoms with E-state index in [1.165, 1.54) is 6.33 Å². The van der Waals surface area contributed by atoms with E-state index in [1.807, 2.05) is 12.1 Å². The van der Waals surface area contributed by atoms with Crippen molar-refractivity contribution >= 4 is 11.5 Å². The number of nitrogens with one attached hydrogen (secondary N) is 1. The maximum absolute atomic E-state index is 6.15. The molecule has 0 saturated carbocycles. The Hall–Kier alpha value is -3.78. The van der Waals surface area contributed by atoms with E-state index in [4.69, 9.17) is 10.5 Å². The Labute approximate surface area is 173 Å². The number of rotatable bonds is 4. The first-order valence-corrected chi connectivity index (χ1v) is 9.78. The molecule has 1 aromatic carbocycles. The van der Waals surface area contributed by atoms with Crippen LogP contribution in [0.4, 0.5) is 11.5 Å². The largest absolute Gasteiger partial charge is 0.383 e. The summed E-state index contributed by atoms with van der Waals surface area (Å²) in [6.45, 7) is 3.12. The number of aromatic amines is 1. The monoisotopic (exact) mass is 399 g/mol. The van der Waals surface area contributed by atoms with Crippen LogP contribution in [0.3, 0.4) is 0 Å². The fourth-order valence-electron chi connectivity index (χ4n) is 3.72. The molecule has 0 bridgehead atoms. The quantitative estimate of drug-likeness (QED) is 0.543. The molecule has 4 aromatic rings. The zero-order valence-electron chi connectivity index (χ0n) is 16.3. The smallest absolute Gasteiger partial charge is 0.157 e. The van der Waals surface area contributed by atoms with Gasteiger partial charge in [-0.1, -0.05) is 6.07 Å². The number of morpholine rings is 1. The first-order valence-electron chi connectivity index (χ1n) is 9.78. The summed E-state index contributed by atoms with van der Waals surface area (Å²) in [6.07, 6.45) is 6.83. The molecule has 1 aliphatic heterocycles. The summed E-state index contributed by atoms with van der Waals surface area (Å²) in [5, 5.41) is 7.03. The Morgan fingerprint density at radius 1 is 0.900 bits per heavy atom. The van der Waals surface area contributed by atoms with Gasteiger partial charge in [0.2, 0.25) is 0 Å². The van der Waals surface area contributed by atoms with E-state index in [2.05, 4.69) is 54.3 Å². The van der Waals surface area contributed by atoms with Gasteiger partial charge in [-0.25, -0.2) is 9.97 Å². The lowest BCUT2D eigenvalue weighted by molar-refractivity contribution is 0.123. The summed E-state index contributed by atoms with van der Waals surface area (Å²) in [5.41, 5.74) is 12.1. The SMILES string of the molecule is Nc1ncc(-c2ccc(N3CCOCC3)c(-c3ncn[nH]3)c2)cc1-c1ccncc1. The van der Waals surface area contributed by atoms with Crippen molar-refractivity contribution in [2.24, 2.45) is 0 Å². The van der Waals surface area contributed by atoms with Gasteiger partial charge in [-0.05, 0) is 41.5 Å². The van der Waals surface area contributed by atoms with Crippen molar-refractivity contribution in [1.29, 1.82) is 0 Å². The van der Waals surface area contributed by atoms with E-state index in [-0.39, 0.29) is 0 Å². The molecule has 150 valence electrons. The molecule has 3 N–H and O–H groups in total. The average Bonchev–Trinajstić information content (AvgIpc) is 3.35. The van der Waals surface area contributed by atoms with E-state index in [9.17, 15) is 0 Å². The number of pyridine rings is 2. The van der Waals surface area contributed by atoms with Crippen LogP contribution in [-0.2, 0) is 4.74 Å². The van der Waals surface area contributed by atoms with Crippen molar-refractivity contribution in [3.63, 3.8) is 0 Å². The van der Waals surface area contributed by atoms with Crippen molar-refractivity contribution in [3.05, 3.63) is 61.3 Å². The summed E-state index contributed by atoms with van der Waals surface area (Å²) >= 11 is 0. The molecule has 0 atom stereocenters. The molecule has 1 saturated heterocycles. The fraction of sp³-hybridized carbons (Fsp3) is 0.182. The minimum Gasteiger partial charge on any atom is -0.383 e. The molecule has 0 unspecified atom stereocenters. The molecule has 1 aliphatic rings. The highest BCUT2D eigenvalue weighted by molar-refractivity contribution is 5.83. The van der Waals surface area contributed by atoms with E-state index >= 15 is 0 Å². The highest BCUT2D eigenvalue weighted by Crippen LogP contribution is 2.35. The van der Waals surface area contributed by atoms with E-state index in [1.54, 1.807) is 18.6 Å². The predicted molar refractivity (Wildman–Crippen MR) is 116 cm³/mol. The average molecular weight is 399 g/mol. The van der Waals surface area contributed by atoms with Gasteiger partial charge in [0.05, 0.1) is 13.2 Å². The third-order valence-electron chi connectivity index (χ3n) is 5.26. The van der Waals surface area contributed by atoms with Crippen LogP contribution in [-0.4, -0.2) is 51.5 Å². The highest BCUT2D eigenvalue weighted by atomic mass is 16.5. The molecular weight excluding hydrogens is 378 g/mol. The first kappa shape index (κ1) is 18.3. The summed E-state index contributed by atoms with van der Waals surface area (Å²) in [6, 6.07) is 12.3. The Kier molecular flexibility index (Phi) is 4.82. The van der Waals surface area contributed by atoms with Gasteiger partial charge >= 0.3 is 0 Å². The minimum atomic E-state index is 0.491. The van der Waals surface area contributed by atoms with Crippen molar-refractivity contribution in [1.82, 2.24) is 25.1 Å². The maximum atomic E-state index is 6.15. The Morgan fingerprint density at radius 2 is 1.70 bits per heavy atom. The zero-order valence-corrected chi connectivity index (χ0v) is 16.3. The van der Waals surface area contributed by atoms with Crippen LogP contribution in [0.5, 0.6) is 0 Å². The van der Waals surface area contributed by atoms with Gasteiger partial charge in [-0.2, -0.15) is 5.10 Å². The Bertz CT molecular complexity index is 1140. The van der Waals surface area contributed by atoms with Gasteiger partial charge in [0.15, 0.2) is 5.82 Å². The summed E-state index contributed by atoms with van der Waals surface area (Å²) in [7, 11) is 0. The number of benzene rings is 1. The summed E-state index contributed by atoms with van der Waals surface area (Å²) in [5.74, 6) is 1.22. The normalized spacial score (nSPS) is 14.1. The number of aromatic nitrogens is 5. The molecule has 0 spiro atoms. The highest BCUT2D eigenvalue weighted by Gasteiger charge is 2.18. The van der Waals surface area contributed by atoms with Gasteiger partial charge in [-0.3, -0.25) is 10.1 Å². The van der Waals surface area contributed by atoms with Crippen LogP contribution in [0.2, 0.25) is 0 Å². The van der Waals surface area contributed by atoms with E-state index in [0.717, 1.165) is 65.6 Å². The fourth-order valence-corrected chi connectivity index (χ4v) is 3.72. The van der Waals surface area contributed by atoms with Gasteiger partial charge < -0.3 is 15.4 Å². The topological polar surface area (TPSA) is 106 Å². The molecule has 8 nitrogen and oxygen atoms in total. The van der Waals surface area contributed by atoms with Gasteiger partial charge in [-0.15, -0.1) is 0 Å². The molecule has 3 aromatic heterocycles. The summed E-state index contributed by atoms with van der Waals surface area (Å²) in [4.78, 5) is 15.2. The number of H-pyrrole nitrogens is 1. The minimum absolute atomic E-state index is 0.491. The van der Waals surface area contributed by atoms with Gasteiger partial charge in [0.1, 0.15) is 12.1 Å². The molecule has 0 amide bonds. The van der Waals surface area contributed by atoms with Crippen LogP contribution in [0.1, 0.15) is 0 Å². The lowest BCUT2D eigenvalue weighted by Gasteiger charge is -2.30. The van der Waals surface area contributed by atoms with Crippen LogP contribution < -0.4 is 10.6 Å². The van der Waals surface area contributed by atoms with E-state index < -0.39 is 0 Å². The van der Waals surface area contributed by atoms with Crippen molar-refractivity contribution in [3.8, 4) is 33.6 Å². The molecule has 1 fully saturated rings. The molecule has 4 heterocycles. The van der Waals surface area contributed by atoms with Crippen LogP contribution in [0.15, 0.2) is 61.3 Å². The predicted octanol–water partition coefficient (Wildman–Crippen LogP) is 3.01. The number of hydrogen-bond donors (Lipinski definition) is 2. The van der Waals surface area contributed by atoms with Crippen molar-refractivity contribution < 1.29 is 4.74 Å². The maximum Gasteiger partial charge on any atom is 0.157 e. The molecule has 8 heteroatoms. The third kappa shape index (κ3) is 3.48. The summed E-state index contributed by atoms with van der Waals surface area (Å²) < 4.78 is 5.51. The van der Waals surface area contributed by atoms with Crippen LogP contribution >= 0.6 is 0 Å². The van der Waals surface area contributed by atoms with Gasteiger partial charge in [0, 0.05) is 54.1 Å². The second kappa shape index (κ2) is 7.92. The van der Waals surface area contributed by atoms with Crippen molar-refractivity contribution in [2.75, 3.05) is 36.9 Å². The number of hydrogen-bond acceptors (Lipinski definition) is 7.